The maximum atomic E-state index is 12.5. The number of imidazole rings is 1. The topological polar surface area (TPSA) is 49.6 Å². The number of carbonyl (C=O) groups excluding carboxylic acids is 1. The summed E-state index contributed by atoms with van der Waals surface area (Å²) < 4.78 is 2.01. The molecule has 0 bridgehead atoms. The number of aromatic nitrogens is 2. The van der Waals surface area contributed by atoms with Crippen molar-refractivity contribution in [3.63, 3.8) is 0 Å². The van der Waals surface area contributed by atoms with Crippen LogP contribution in [-0.4, -0.2) is 28.4 Å². The Hall–Kier alpha value is -2.82. The largest absolute Gasteiger partial charge is 0.372 e. The van der Waals surface area contributed by atoms with Gasteiger partial charge in [0, 0.05) is 30.7 Å². The molecule has 0 atom stereocenters. The monoisotopic (exact) mass is 348 g/mol. The number of benzene rings is 1. The van der Waals surface area contributed by atoms with E-state index in [1.165, 1.54) is 18.5 Å². The Bertz CT molecular complexity index is 937. The molecule has 0 unspecified atom stereocenters. The first-order valence-corrected chi connectivity index (χ1v) is 9.20. The van der Waals surface area contributed by atoms with E-state index < -0.39 is 0 Å². The van der Waals surface area contributed by atoms with Gasteiger partial charge in [-0.1, -0.05) is 6.07 Å². The van der Waals surface area contributed by atoms with Gasteiger partial charge in [-0.25, -0.2) is 4.98 Å². The Morgan fingerprint density at radius 3 is 2.58 bits per heavy atom. The van der Waals surface area contributed by atoms with E-state index >= 15 is 0 Å². The number of pyridine rings is 1. The van der Waals surface area contributed by atoms with Crippen LogP contribution in [0.5, 0.6) is 0 Å². The number of fused-ring (bicyclic) bond motifs is 1. The van der Waals surface area contributed by atoms with Gasteiger partial charge in [0.05, 0.1) is 17.8 Å². The fourth-order valence-electron chi connectivity index (χ4n) is 3.67. The molecule has 5 heteroatoms. The number of carbonyl (C=O) groups is 1. The van der Waals surface area contributed by atoms with E-state index in [1.54, 1.807) is 0 Å². The highest BCUT2D eigenvalue weighted by Crippen LogP contribution is 2.22. The number of hydrogen-bond acceptors (Lipinski definition) is 3. The molecule has 1 amide bonds. The molecule has 2 aromatic heterocycles. The van der Waals surface area contributed by atoms with Crippen LogP contribution in [0.1, 0.15) is 29.8 Å². The van der Waals surface area contributed by atoms with Gasteiger partial charge in [-0.2, -0.15) is 0 Å². The summed E-state index contributed by atoms with van der Waals surface area (Å²) in [6, 6.07) is 12.2. The van der Waals surface area contributed by atoms with Gasteiger partial charge in [0.2, 0.25) is 5.91 Å². The van der Waals surface area contributed by atoms with Gasteiger partial charge < -0.3 is 14.6 Å². The lowest BCUT2D eigenvalue weighted by atomic mass is 10.2. The van der Waals surface area contributed by atoms with E-state index in [0.717, 1.165) is 41.4 Å². The zero-order valence-electron chi connectivity index (χ0n) is 15.3. The number of nitrogens with one attached hydrogen (secondary N) is 1. The first-order chi connectivity index (χ1) is 12.6. The molecule has 4 rings (SSSR count). The molecular formula is C21H24N4O. The predicted octanol–water partition coefficient (Wildman–Crippen LogP) is 3.73. The summed E-state index contributed by atoms with van der Waals surface area (Å²) in [5.74, 6) is -0.0228. The van der Waals surface area contributed by atoms with Crippen LogP contribution in [0.2, 0.25) is 0 Å². The van der Waals surface area contributed by atoms with Crippen molar-refractivity contribution in [1.29, 1.82) is 0 Å². The molecule has 5 nitrogen and oxygen atoms in total. The Labute approximate surface area is 153 Å². The molecule has 3 aromatic rings. The summed E-state index contributed by atoms with van der Waals surface area (Å²) in [6.45, 7) is 6.24. The predicted molar refractivity (Wildman–Crippen MR) is 105 cm³/mol. The van der Waals surface area contributed by atoms with E-state index in [-0.39, 0.29) is 5.91 Å². The van der Waals surface area contributed by atoms with Crippen LogP contribution >= 0.6 is 0 Å². The summed E-state index contributed by atoms with van der Waals surface area (Å²) in [5, 5.41) is 3.01. The maximum absolute atomic E-state index is 12.5. The molecule has 1 aliphatic heterocycles. The van der Waals surface area contributed by atoms with Crippen molar-refractivity contribution in [3.05, 3.63) is 59.5 Å². The lowest BCUT2D eigenvalue weighted by molar-refractivity contribution is -0.115. The van der Waals surface area contributed by atoms with Crippen LogP contribution in [0, 0.1) is 13.8 Å². The Morgan fingerprint density at radius 2 is 1.85 bits per heavy atom. The summed E-state index contributed by atoms with van der Waals surface area (Å²) in [4.78, 5) is 19.5. The van der Waals surface area contributed by atoms with Crippen LogP contribution in [0.25, 0.3) is 5.65 Å². The average molecular weight is 348 g/mol. The van der Waals surface area contributed by atoms with Gasteiger partial charge in [-0.3, -0.25) is 4.79 Å². The first kappa shape index (κ1) is 16.6. The zero-order valence-corrected chi connectivity index (χ0v) is 15.3. The minimum absolute atomic E-state index is 0.0228. The highest BCUT2D eigenvalue weighted by molar-refractivity contribution is 5.92. The smallest absolute Gasteiger partial charge is 0.230 e. The Morgan fingerprint density at radius 1 is 1.12 bits per heavy atom. The van der Waals surface area contributed by atoms with Gasteiger partial charge >= 0.3 is 0 Å². The number of aryl methyl sites for hydroxylation is 2. The first-order valence-electron chi connectivity index (χ1n) is 9.20. The van der Waals surface area contributed by atoms with E-state index in [0.29, 0.717) is 6.42 Å². The molecule has 0 aliphatic carbocycles. The van der Waals surface area contributed by atoms with Crippen LogP contribution in [-0.2, 0) is 11.2 Å². The minimum Gasteiger partial charge on any atom is -0.372 e. The van der Waals surface area contributed by atoms with Gasteiger partial charge in [0.1, 0.15) is 5.65 Å². The molecule has 134 valence electrons. The molecule has 3 heterocycles. The average Bonchev–Trinajstić information content (AvgIpc) is 3.26. The molecule has 1 aromatic carbocycles. The van der Waals surface area contributed by atoms with Crippen molar-refractivity contribution in [2.45, 2.75) is 33.1 Å². The second-order valence-electron chi connectivity index (χ2n) is 6.99. The molecular weight excluding hydrogens is 324 g/mol. The Kier molecular flexibility index (Phi) is 4.37. The fourth-order valence-corrected chi connectivity index (χ4v) is 3.67. The lowest BCUT2D eigenvalue weighted by Crippen LogP contribution is -2.18. The van der Waals surface area contributed by atoms with Gasteiger partial charge in [-0.15, -0.1) is 0 Å². The molecule has 0 radical (unpaired) electrons. The summed E-state index contributed by atoms with van der Waals surface area (Å²) >= 11 is 0. The van der Waals surface area contributed by atoms with Crippen molar-refractivity contribution in [2.75, 3.05) is 23.3 Å². The van der Waals surface area contributed by atoms with Crippen LogP contribution < -0.4 is 10.2 Å². The number of nitrogens with zero attached hydrogens (tertiary/aromatic N) is 3. The third-order valence-corrected chi connectivity index (χ3v) is 5.09. The fraction of sp³-hybridized carbons (Fsp3) is 0.333. The maximum Gasteiger partial charge on any atom is 0.230 e. The van der Waals surface area contributed by atoms with Crippen molar-refractivity contribution in [3.8, 4) is 0 Å². The summed E-state index contributed by atoms with van der Waals surface area (Å²) in [5.41, 5.74) is 5.94. The van der Waals surface area contributed by atoms with Crippen LogP contribution in [0.4, 0.5) is 11.4 Å². The van der Waals surface area contributed by atoms with E-state index in [2.05, 4.69) is 27.3 Å². The molecule has 1 fully saturated rings. The summed E-state index contributed by atoms with van der Waals surface area (Å²) in [7, 11) is 0. The van der Waals surface area contributed by atoms with Gasteiger partial charge in [-0.05, 0) is 62.6 Å². The van der Waals surface area contributed by atoms with E-state index in [4.69, 9.17) is 0 Å². The van der Waals surface area contributed by atoms with Crippen LogP contribution in [0.15, 0.2) is 42.6 Å². The SMILES string of the molecule is Cc1nc2c(C)cccn2c1CC(=O)Nc1ccc(N2CCCC2)cc1. The molecule has 1 N–H and O–H groups in total. The highest BCUT2D eigenvalue weighted by Gasteiger charge is 2.15. The minimum atomic E-state index is -0.0228. The number of amides is 1. The molecule has 26 heavy (non-hydrogen) atoms. The lowest BCUT2D eigenvalue weighted by Gasteiger charge is -2.17. The zero-order chi connectivity index (χ0) is 18.1. The van der Waals surface area contributed by atoms with E-state index in [1.807, 2.05) is 48.7 Å². The standard InChI is InChI=1S/C21H24N4O/c1-15-6-5-13-25-19(16(2)22-21(15)25)14-20(26)23-17-7-9-18(10-8-17)24-11-3-4-12-24/h5-10,13H,3-4,11-12,14H2,1-2H3,(H,23,26). The highest BCUT2D eigenvalue weighted by atomic mass is 16.1. The second-order valence-corrected chi connectivity index (χ2v) is 6.99. The van der Waals surface area contributed by atoms with Gasteiger partial charge in [0.15, 0.2) is 0 Å². The van der Waals surface area contributed by atoms with Crippen molar-refractivity contribution in [2.24, 2.45) is 0 Å². The second kappa shape index (κ2) is 6.83. The third-order valence-electron chi connectivity index (χ3n) is 5.09. The number of rotatable bonds is 4. The number of anilines is 2. The Balaban J connectivity index is 1.47. The molecule has 0 saturated carbocycles. The van der Waals surface area contributed by atoms with Gasteiger partial charge in [0.25, 0.3) is 0 Å². The number of hydrogen-bond donors (Lipinski definition) is 1. The normalized spacial score (nSPS) is 14.2. The van der Waals surface area contributed by atoms with Crippen molar-refractivity contribution < 1.29 is 4.79 Å². The molecule has 0 spiro atoms. The van der Waals surface area contributed by atoms with E-state index in [9.17, 15) is 4.79 Å². The molecule has 1 saturated heterocycles. The van der Waals surface area contributed by atoms with Crippen molar-refractivity contribution in [1.82, 2.24) is 9.38 Å². The summed E-state index contributed by atoms with van der Waals surface area (Å²) in [6.07, 6.45) is 4.80. The van der Waals surface area contributed by atoms with Crippen molar-refractivity contribution >= 4 is 22.9 Å². The quantitative estimate of drug-likeness (QED) is 0.781. The third kappa shape index (κ3) is 3.17. The molecule has 1 aliphatic rings. The van der Waals surface area contributed by atoms with Crippen LogP contribution in [0.3, 0.4) is 0 Å².